The van der Waals surface area contributed by atoms with Gasteiger partial charge in [-0.15, -0.1) is 11.6 Å². The molecule has 1 aliphatic rings. The topological polar surface area (TPSA) is 3.24 Å². The normalized spacial score (nSPS) is 29.6. The maximum absolute atomic E-state index is 6.31. The molecule has 0 aliphatic heterocycles. The second-order valence-corrected chi connectivity index (χ2v) is 5.02. The highest BCUT2D eigenvalue weighted by atomic mass is 35.5. The number of alkyl halides is 1. The summed E-state index contributed by atoms with van der Waals surface area (Å²) in [4.78, 5) is 2.32. The van der Waals surface area contributed by atoms with Gasteiger partial charge >= 0.3 is 0 Å². The summed E-state index contributed by atoms with van der Waals surface area (Å²) in [6, 6.07) is 0.525. The van der Waals surface area contributed by atoms with Gasteiger partial charge in [0.15, 0.2) is 0 Å². The van der Waals surface area contributed by atoms with Crippen LogP contribution in [0.4, 0.5) is 0 Å². The molecule has 0 aromatic rings. The number of likely N-dealkylation sites (N-methyl/N-ethyl adjacent to an activating group) is 1. The molecule has 82 valence electrons. The molecular weight excluding hydrogens is 217 g/mol. The highest BCUT2D eigenvalue weighted by Gasteiger charge is 2.26. The van der Waals surface area contributed by atoms with Crippen LogP contribution in [0.15, 0.2) is 11.1 Å². The molecule has 2 unspecified atom stereocenters. The molecule has 14 heavy (non-hydrogen) atoms. The van der Waals surface area contributed by atoms with Gasteiger partial charge in [0, 0.05) is 23.5 Å². The molecule has 1 nitrogen and oxygen atoms in total. The Bertz CT molecular complexity index is 203. The first-order chi connectivity index (χ1) is 6.65. The monoisotopic (exact) mass is 235 g/mol. The predicted octanol–water partition coefficient (Wildman–Crippen LogP) is 3.61. The molecule has 0 heterocycles. The Hall–Kier alpha value is 0.280. The first-order valence-corrected chi connectivity index (χ1v) is 6.12. The Morgan fingerprint density at radius 3 is 2.64 bits per heavy atom. The first-order valence-electron chi connectivity index (χ1n) is 5.25. The van der Waals surface area contributed by atoms with E-state index in [2.05, 4.69) is 18.9 Å². The van der Waals surface area contributed by atoms with E-state index in [1.54, 1.807) is 5.54 Å². The zero-order chi connectivity index (χ0) is 10.6. The van der Waals surface area contributed by atoms with Gasteiger partial charge in [0.1, 0.15) is 0 Å². The van der Waals surface area contributed by atoms with E-state index in [0.717, 1.165) is 13.0 Å². The number of hydrogen-bond acceptors (Lipinski definition) is 1. The zero-order valence-corrected chi connectivity index (χ0v) is 10.5. The lowest BCUT2D eigenvalue weighted by atomic mass is 9.94. The molecule has 3 heteroatoms. The third kappa shape index (κ3) is 3.45. The Morgan fingerprint density at radius 1 is 1.43 bits per heavy atom. The average Bonchev–Trinajstić information content (AvgIpc) is 2.18. The molecule has 0 bridgehead atoms. The zero-order valence-electron chi connectivity index (χ0n) is 8.97. The van der Waals surface area contributed by atoms with Crippen LogP contribution in [0.3, 0.4) is 0 Å². The molecule has 1 rings (SSSR count). The van der Waals surface area contributed by atoms with E-state index < -0.39 is 0 Å². The van der Waals surface area contributed by atoms with E-state index in [0.29, 0.717) is 11.4 Å². The van der Waals surface area contributed by atoms with Crippen molar-refractivity contribution in [2.75, 3.05) is 13.6 Å². The van der Waals surface area contributed by atoms with E-state index in [9.17, 15) is 0 Å². The minimum atomic E-state index is 0.317. The number of nitrogens with zero attached hydrogens (tertiary/aromatic N) is 1. The van der Waals surface area contributed by atoms with Crippen molar-refractivity contribution in [3.8, 4) is 0 Å². The van der Waals surface area contributed by atoms with Gasteiger partial charge in [0.05, 0.1) is 0 Å². The summed E-state index contributed by atoms with van der Waals surface area (Å²) in [6.45, 7) is 2.98. The summed E-state index contributed by atoms with van der Waals surface area (Å²) in [5, 5.41) is 0.317. The van der Waals surface area contributed by atoms with Crippen molar-refractivity contribution in [3.63, 3.8) is 0 Å². The third-order valence-corrected chi connectivity index (χ3v) is 3.78. The average molecular weight is 236 g/mol. The summed E-state index contributed by atoms with van der Waals surface area (Å²) in [6.07, 6.45) is 4.96. The fourth-order valence-corrected chi connectivity index (χ4v) is 2.65. The molecule has 2 atom stereocenters. The molecule has 0 spiro atoms. The fourth-order valence-electron chi connectivity index (χ4n) is 2.11. The van der Waals surface area contributed by atoms with Crippen molar-refractivity contribution < 1.29 is 0 Å². The quantitative estimate of drug-likeness (QED) is 0.676. The minimum Gasteiger partial charge on any atom is -0.298 e. The lowest BCUT2D eigenvalue weighted by Crippen LogP contribution is -2.41. The van der Waals surface area contributed by atoms with E-state index in [1.807, 2.05) is 0 Å². The van der Waals surface area contributed by atoms with Crippen LogP contribution in [0.2, 0.25) is 0 Å². The van der Waals surface area contributed by atoms with E-state index >= 15 is 0 Å². The standard InChI is InChI=1S/C11H19Cl2N/c1-9(7-12)8-14(2)11-6-4-3-5-10(11)13/h7,10-11H,3-6,8H2,1-2H3. The van der Waals surface area contributed by atoms with Crippen molar-refractivity contribution in [2.24, 2.45) is 0 Å². The Kier molecular flexibility index (Phi) is 5.29. The van der Waals surface area contributed by atoms with Gasteiger partial charge in [-0.3, -0.25) is 4.90 Å². The molecule has 0 N–H and O–H groups in total. The molecule has 1 aliphatic carbocycles. The van der Waals surface area contributed by atoms with Crippen LogP contribution in [0, 0.1) is 0 Å². The van der Waals surface area contributed by atoms with Crippen molar-refractivity contribution in [3.05, 3.63) is 11.1 Å². The second kappa shape index (κ2) is 5.99. The Labute approximate surface area is 97.1 Å². The van der Waals surface area contributed by atoms with Gasteiger partial charge in [0.25, 0.3) is 0 Å². The fraction of sp³-hybridized carbons (Fsp3) is 0.818. The number of hydrogen-bond donors (Lipinski definition) is 0. The molecule has 0 aromatic heterocycles. The van der Waals surface area contributed by atoms with Gasteiger partial charge in [-0.05, 0) is 32.4 Å². The van der Waals surface area contributed by atoms with Crippen LogP contribution < -0.4 is 0 Å². The van der Waals surface area contributed by atoms with Crippen molar-refractivity contribution >= 4 is 23.2 Å². The van der Waals surface area contributed by atoms with E-state index in [1.165, 1.54) is 24.8 Å². The van der Waals surface area contributed by atoms with Gasteiger partial charge in [-0.2, -0.15) is 0 Å². The summed E-state index contributed by atoms with van der Waals surface area (Å²) >= 11 is 12.0. The molecule has 1 saturated carbocycles. The summed E-state index contributed by atoms with van der Waals surface area (Å²) < 4.78 is 0. The van der Waals surface area contributed by atoms with Crippen molar-refractivity contribution in [1.82, 2.24) is 4.90 Å². The molecule has 0 radical (unpaired) electrons. The minimum absolute atomic E-state index is 0.317. The third-order valence-electron chi connectivity index (χ3n) is 2.90. The van der Waals surface area contributed by atoms with E-state index in [-0.39, 0.29) is 0 Å². The lowest BCUT2D eigenvalue weighted by Gasteiger charge is -2.35. The van der Waals surface area contributed by atoms with Crippen LogP contribution in [0.5, 0.6) is 0 Å². The molecular formula is C11H19Cl2N. The van der Waals surface area contributed by atoms with Gasteiger partial charge in [0.2, 0.25) is 0 Å². The van der Waals surface area contributed by atoms with Gasteiger partial charge < -0.3 is 0 Å². The Balaban J connectivity index is 2.45. The number of rotatable bonds is 3. The number of halogens is 2. The highest BCUT2D eigenvalue weighted by Crippen LogP contribution is 2.26. The van der Waals surface area contributed by atoms with Crippen LogP contribution in [0.1, 0.15) is 32.6 Å². The maximum atomic E-state index is 6.31. The molecule has 0 aromatic carbocycles. The maximum Gasteiger partial charge on any atom is 0.0491 e. The van der Waals surface area contributed by atoms with Crippen LogP contribution in [-0.4, -0.2) is 29.9 Å². The second-order valence-electron chi connectivity index (χ2n) is 4.24. The highest BCUT2D eigenvalue weighted by molar-refractivity contribution is 6.25. The van der Waals surface area contributed by atoms with E-state index in [4.69, 9.17) is 23.2 Å². The van der Waals surface area contributed by atoms with Crippen molar-refractivity contribution in [2.45, 2.75) is 44.0 Å². The SMILES string of the molecule is CC(=CCl)CN(C)C1CCCCC1Cl. The van der Waals surface area contributed by atoms with Gasteiger partial charge in [-0.1, -0.05) is 24.4 Å². The summed E-state index contributed by atoms with van der Waals surface area (Å²) in [5.74, 6) is 0. The smallest absolute Gasteiger partial charge is 0.0491 e. The predicted molar refractivity (Wildman–Crippen MR) is 64.1 cm³/mol. The molecule has 1 fully saturated rings. The van der Waals surface area contributed by atoms with Crippen LogP contribution in [0.25, 0.3) is 0 Å². The Morgan fingerprint density at radius 2 is 2.07 bits per heavy atom. The lowest BCUT2D eigenvalue weighted by molar-refractivity contribution is 0.210. The summed E-state index contributed by atoms with van der Waals surface area (Å²) in [5.41, 5.74) is 2.85. The van der Waals surface area contributed by atoms with Crippen LogP contribution >= 0.6 is 23.2 Å². The van der Waals surface area contributed by atoms with Gasteiger partial charge in [-0.25, -0.2) is 0 Å². The first kappa shape index (κ1) is 12.4. The molecule has 0 saturated heterocycles. The summed E-state index contributed by atoms with van der Waals surface area (Å²) in [7, 11) is 2.13. The van der Waals surface area contributed by atoms with Crippen molar-refractivity contribution in [1.29, 1.82) is 0 Å². The largest absolute Gasteiger partial charge is 0.298 e. The van der Waals surface area contributed by atoms with Crippen LogP contribution in [-0.2, 0) is 0 Å². The molecule has 0 amide bonds.